The molecule has 2 aliphatic rings. The van der Waals surface area contributed by atoms with Gasteiger partial charge in [-0.05, 0) is 41.0 Å². The lowest BCUT2D eigenvalue weighted by atomic mass is 9.98. The first kappa shape index (κ1) is 23.8. The molecule has 2 aromatic carbocycles. The van der Waals surface area contributed by atoms with Crippen molar-refractivity contribution in [3.8, 4) is 11.1 Å². The Labute approximate surface area is 200 Å². The van der Waals surface area contributed by atoms with Gasteiger partial charge in [0, 0.05) is 31.5 Å². The van der Waals surface area contributed by atoms with Crippen LogP contribution in [0.4, 0.5) is 4.79 Å². The molecule has 180 valence electrons. The average molecular weight is 465 g/mol. The first-order valence-corrected chi connectivity index (χ1v) is 12.1. The van der Waals surface area contributed by atoms with Crippen molar-refractivity contribution < 1.29 is 24.2 Å². The summed E-state index contributed by atoms with van der Waals surface area (Å²) in [5.41, 5.74) is 4.68. The molecule has 0 saturated heterocycles. The number of nitrogens with zero attached hydrogens (tertiary/aromatic N) is 1. The Morgan fingerprint density at radius 1 is 1.06 bits per heavy atom. The maximum Gasteiger partial charge on any atom is 0.407 e. The zero-order chi connectivity index (χ0) is 24.1. The van der Waals surface area contributed by atoms with Gasteiger partial charge < -0.3 is 20.1 Å². The number of rotatable bonds is 11. The van der Waals surface area contributed by atoms with E-state index in [-0.39, 0.29) is 49.8 Å². The molecular formula is C27H32N2O5. The summed E-state index contributed by atoms with van der Waals surface area (Å²) < 4.78 is 5.59. The number of ether oxygens (including phenoxy) is 1. The summed E-state index contributed by atoms with van der Waals surface area (Å²) in [5, 5.41) is 11.8. The van der Waals surface area contributed by atoms with E-state index in [0.717, 1.165) is 30.4 Å². The highest BCUT2D eigenvalue weighted by Crippen LogP contribution is 2.44. The summed E-state index contributed by atoms with van der Waals surface area (Å²) in [6.07, 6.45) is 2.35. The number of hydrogen-bond donors (Lipinski definition) is 2. The Morgan fingerprint density at radius 2 is 1.68 bits per heavy atom. The van der Waals surface area contributed by atoms with Crippen molar-refractivity contribution in [2.45, 2.75) is 51.0 Å². The topological polar surface area (TPSA) is 95.9 Å². The molecule has 2 amide bonds. The van der Waals surface area contributed by atoms with Gasteiger partial charge in [0.15, 0.2) is 0 Å². The van der Waals surface area contributed by atoms with E-state index in [9.17, 15) is 14.4 Å². The van der Waals surface area contributed by atoms with Crippen LogP contribution in [-0.4, -0.2) is 53.7 Å². The van der Waals surface area contributed by atoms with Gasteiger partial charge in [0.25, 0.3) is 0 Å². The quantitative estimate of drug-likeness (QED) is 0.514. The Kier molecular flexibility index (Phi) is 7.50. The van der Waals surface area contributed by atoms with Crippen LogP contribution >= 0.6 is 0 Å². The Morgan fingerprint density at radius 3 is 2.24 bits per heavy atom. The van der Waals surface area contributed by atoms with Crippen LogP contribution in [0.25, 0.3) is 11.1 Å². The lowest BCUT2D eigenvalue weighted by Crippen LogP contribution is -2.38. The fourth-order valence-electron chi connectivity index (χ4n) is 4.72. The predicted octanol–water partition coefficient (Wildman–Crippen LogP) is 4.41. The van der Waals surface area contributed by atoms with Crippen molar-refractivity contribution in [2.24, 2.45) is 5.92 Å². The second kappa shape index (κ2) is 10.7. The highest BCUT2D eigenvalue weighted by molar-refractivity contribution is 5.79. The van der Waals surface area contributed by atoms with E-state index in [1.807, 2.05) is 31.2 Å². The number of amides is 2. The van der Waals surface area contributed by atoms with Crippen LogP contribution in [0.3, 0.4) is 0 Å². The van der Waals surface area contributed by atoms with Crippen LogP contribution in [0.1, 0.15) is 56.1 Å². The van der Waals surface area contributed by atoms with Gasteiger partial charge in [-0.1, -0.05) is 61.9 Å². The summed E-state index contributed by atoms with van der Waals surface area (Å²) >= 11 is 0. The second-order valence-electron chi connectivity index (χ2n) is 9.15. The molecule has 1 fully saturated rings. The first-order valence-electron chi connectivity index (χ1n) is 12.1. The van der Waals surface area contributed by atoms with Crippen LogP contribution < -0.4 is 5.32 Å². The number of fused-ring (bicyclic) bond motifs is 3. The fourth-order valence-corrected chi connectivity index (χ4v) is 4.72. The van der Waals surface area contributed by atoms with E-state index >= 15 is 0 Å². The molecule has 34 heavy (non-hydrogen) atoms. The molecular weight excluding hydrogens is 432 g/mol. The molecule has 0 aromatic heterocycles. The maximum atomic E-state index is 12.8. The van der Waals surface area contributed by atoms with Crippen LogP contribution in [0, 0.1) is 5.92 Å². The number of benzene rings is 2. The van der Waals surface area contributed by atoms with Crippen molar-refractivity contribution in [2.75, 3.05) is 19.7 Å². The molecule has 0 heterocycles. The molecule has 2 N–H and O–H groups in total. The third-order valence-corrected chi connectivity index (χ3v) is 6.79. The van der Waals surface area contributed by atoms with Crippen molar-refractivity contribution in [3.63, 3.8) is 0 Å². The minimum absolute atomic E-state index is 0.00281. The van der Waals surface area contributed by atoms with Gasteiger partial charge in [0.1, 0.15) is 6.61 Å². The van der Waals surface area contributed by atoms with Gasteiger partial charge in [-0.3, -0.25) is 9.59 Å². The van der Waals surface area contributed by atoms with E-state index in [0.29, 0.717) is 6.54 Å². The lowest BCUT2D eigenvalue weighted by molar-refractivity contribution is -0.139. The minimum atomic E-state index is -0.901. The van der Waals surface area contributed by atoms with Gasteiger partial charge in [-0.2, -0.15) is 0 Å². The molecule has 0 spiro atoms. The van der Waals surface area contributed by atoms with Gasteiger partial charge in [-0.25, -0.2) is 4.79 Å². The molecule has 1 atom stereocenters. The zero-order valence-corrected chi connectivity index (χ0v) is 19.5. The van der Waals surface area contributed by atoms with Crippen LogP contribution in [0.2, 0.25) is 0 Å². The number of aliphatic carboxylic acids is 1. The van der Waals surface area contributed by atoms with Gasteiger partial charge in [0.2, 0.25) is 5.91 Å². The standard InChI is InChI=1S/C27H32N2O5/c1-2-18(15-25(30)29(19-11-12-19)14-13-26(31)32)16-28-27(33)34-17-24-22-9-5-3-7-20(22)21-8-4-6-10-23(21)24/h3-10,18-19,24H,2,11-17H2,1H3,(H,28,33)(H,31,32). The molecule has 7 nitrogen and oxygen atoms in total. The van der Waals surface area contributed by atoms with Crippen LogP contribution in [0.15, 0.2) is 48.5 Å². The number of hydrogen-bond acceptors (Lipinski definition) is 4. The number of carboxylic acids is 1. The van der Waals surface area contributed by atoms with Gasteiger partial charge in [-0.15, -0.1) is 0 Å². The highest BCUT2D eigenvalue weighted by atomic mass is 16.5. The molecule has 0 aliphatic heterocycles. The summed E-state index contributed by atoms with van der Waals surface area (Å²) in [6, 6.07) is 16.6. The van der Waals surface area contributed by atoms with Crippen LogP contribution in [0.5, 0.6) is 0 Å². The summed E-state index contributed by atoms with van der Waals surface area (Å²) in [5.74, 6) is -0.963. The third kappa shape index (κ3) is 5.58. The third-order valence-electron chi connectivity index (χ3n) is 6.79. The summed E-state index contributed by atoms with van der Waals surface area (Å²) in [6.45, 7) is 2.82. The molecule has 1 saturated carbocycles. The molecule has 7 heteroatoms. The molecule has 0 radical (unpaired) electrons. The Bertz CT molecular complexity index is 1000. The number of alkyl carbamates (subject to hydrolysis) is 1. The molecule has 4 rings (SSSR count). The molecule has 0 bridgehead atoms. The number of nitrogens with one attached hydrogen (secondary N) is 1. The van der Waals surface area contributed by atoms with Crippen LogP contribution in [-0.2, 0) is 14.3 Å². The maximum absolute atomic E-state index is 12.8. The van der Waals surface area contributed by atoms with E-state index in [1.54, 1.807) is 4.90 Å². The average Bonchev–Trinajstić information content (AvgIpc) is 3.62. The number of carboxylic acid groups (broad SMARTS) is 1. The molecule has 2 aromatic rings. The van der Waals surface area contributed by atoms with Crippen molar-refractivity contribution in [3.05, 3.63) is 59.7 Å². The predicted molar refractivity (Wildman–Crippen MR) is 128 cm³/mol. The minimum Gasteiger partial charge on any atom is -0.481 e. The highest BCUT2D eigenvalue weighted by Gasteiger charge is 2.33. The summed E-state index contributed by atoms with van der Waals surface area (Å²) in [4.78, 5) is 37.9. The van der Waals surface area contributed by atoms with Crippen molar-refractivity contribution >= 4 is 18.0 Å². The van der Waals surface area contributed by atoms with E-state index < -0.39 is 12.1 Å². The van der Waals surface area contributed by atoms with Gasteiger partial charge in [0.05, 0.1) is 6.42 Å². The van der Waals surface area contributed by atoms with Crippen molar-refractivity contribution in [1.29, 1.82) is 0 Å². The normalized spacial score (nSPS) is 15.2. The molecule has 1 unspecified atom stereocenters. The number of carbonyl (C=O) groups excluding carboxylic acids is 2. The first-order chi connectivity index (χ1) is 16.5. The van der Waals surface area contributed by atoms with Crippen molar-refractivity contribution in [1.82, 2.24) is 10.2 Å². The lowest BCUT2D eigenvalue weighted by Gasteiger charge is -2.24. The van der Waals surface area contributed by atoms with E-state index in [1.165, 1.54) is 11.1 Å². The monoisotopic (exact) mass is 464 g/mol. The fraction of sp³-hybridized carbons (Fsp3) is 0.444. The number of carbonyl (C=O) groups is 3. The van der Waals surface area contributed by atoms with Gasteiger partial charge >= 0.3 is 12.1 Å². The molecule has 2 aliphatic carbocycles. The Hall–Kier alpha value is -3.35. The zero-order valence-electron chi connectivity index (χ0n) is 19.5. The Balaban J connectivity index is 1.28. The smallest absolute Gasteiger partial charge is 0.407 e. The van der Waals surface area contributed by atoms with E-state index in [4.69, 9.17) is 9.84 Å². The second-order valence-corrected chi connectivity index (χ2v) is 9.15. The summed E-state index contributed by atoms with van der Waals surface area (Å²) in [7, 11) is 0. The SMILES string of the molecule is CCC(CNC(=O)OCC1c2ccccc2-c2ccccc21)CC(=O)N(CCC(=O)O)C1CC1. The largest absolute Gasteiger partial charge is 0.481 e. The van der Waals surface area contributed by atoms with E-state index in [2.05, 4.69) is 29.6 Å².